The molecule has 0 radical (unpaired) electrons. The van der Waals surface area contributed by atoms with Crippen molar-refractivity contribution in [1.29, 1.82) is 0 Å². The summed E-state index contributed by atoms with van der Waals surface area (Å²) in [5.41, 5.74) is 4.06. The molecule has 0 aliphatic rings. The lowest BCUT2D eigenvalue weighted by molar-refractivity contribution is 0.0993. The molecule has 24 heavy (non-hydrogen) atoms. The molecule has 2 aromatic rings. The molecule has 0 bridgehead atoms. The SMILES string of the molecule is CCS(=O)(=O)Nc1ccc(C(=O)N(C)c2ccc(C)c(C)c2)cc1. The second-order valence-corrected chi connectivity index (χ2v) is 7.73. The van der Waals surface area contributed by atoms with E-state index in [1.807, 2.05) is 32.0 Å². The van der Waals surface area contributed by atoms with Crippen LogP contribution in [0.4, 0.5) is 11.4 Å². The number of aryl methyl sites for hydroxylation is 2. The molecule has 0 saturated carbocycles. The van der Waals surface area contributed by atoms with Crippen molar-refractivity contribution in [3.8, 4) is 0 Å². The molecule has 0 fully saturated rings. The van der Waals surface area contributed by atoms with E-state index in [9.17, 15) is 13.2 Å². The summed E-state index contributed by atoms with van der Waals surface area (Å²) in [5, 5.41) is 0. The van der Waals surface area contributed by atoms with Crippen molar-refractivity contribution in [2.45, 2.75) is 20.8 Å². The number of nitrogens with zero attached hydrogens (tertiary/aromatic N) is 1. The smallest absolute Gasteiger partial charge is 0.258 e. The van der Waals surface area contributed by atoms with Gasteiger partial charge < -0.3 is 4.90 Å². The first-order valence-corrected chi connectivity index (χ1v) is 9.34. The summed E-state index contributed by atoms with van der Waals surface area (Å²) >= 11 is 0. The normalized spacial score (nSPS) is 11.2. The van der Waals surface area contributed by atoms with Gasteiger partial charge in [-0.3, -0.25) is 9.52 Å². The minimum Gasteiger partial charge on any atom is -0.311 e. The Morgan fingerprint density at radius 1 is 1.04 bits per heavy atom. The van der Waals surface area contributed by atoms with Crippen LogP contribution in [0.1, 0.15) is 28.4 Å². The van der Waals surface area contributed by atoms with Crippen LogP contribution in [-0.4, -0.2) is 27.1 Å². The van der Waals surface area contributed by atoms with Crippen molar-refractivity contribution in [2.24, 2.45) is 0 Å². The van der Waals surface area contributed by atoms with E-state index in [2.05, 4.69) is 4.72 Å². The number of rotatable bonds is 5. The quantitative estimate of drug-likeness (QED) is 0.903. The van der Waals surface area contributed by atoms with Crippen LogP contribution in [0.2, 0.25) is 0 Å². The van der Waals surface area contributed by atoms with Crippen molar-refractivity contribution >= 4 is 27.3 Å². The maximum atomic E-state index is 12.6. The summed E-state index contributed by atoms with van der Waals surface area (Å²) in [6, 6.07) is 12.3. The second-order valence-electron chi connectivity index (χ2n) is 5.72. The molecule has 0 aliphatic carbocycles. The van der Waals surface area contributed by atoms with E-state index in [0.717, 1.165) is 11.3 Å². The van der Waals surface area contributed by atoms with Crippen LogP contribution in [0, 0.1) is 13.8 Å². The lowest BCUT2D eigenvalue weighted by Gasteiger charge is -2.19. The Kier molecular flexibility index (Phi) is 5.29. The van der Waals surface area contributed by atoms with E-state index in [-0.39, 0.29) is 11.7 Å². The lowest BCUT2D eigenvalue weighted by atomic mass is 10.1. The maximum Gasteiger partial charge on any atom is 0.258 e. The van der Waals surface area contributed by atoms with Gasteiger partial charge in [-0.05, 0) is 68.3 Å². The number of benzene rings is 2. The molecular weight excluding hydrogens is 324 g/mol. The van der Waals surface area contributed by atoms with Gasteiger partial charge in [-0.2, -0.15) is 0 Å². The number of hydrogen-bond acceptors (Lipinski definition) is 3. The molecule has 0 unspecified atom stereocenters. The van der Waals surface area contributed by atoms with E-state index in [0.29, 0.717) is 11.3 Å². The van der Waals surface area contributed by atoms with Crippen LogP contribution in [-0.2, 0) is 10.0 Å². The zero-order valence-electron chi connectivity index (χ0n) is 14.3. The van der Waals surface area contributed by atoms with Crippen LogP contribution in [0.3, 0.4) is 0 Å². The Hall–Kier alpha value is -2.34. The lowest BCUT2D eigenvalue weighted by Crippen LogP contribution is -2.26. The predicted molar refractivity (Wildman–Crippen MR) is 98.2 cm³/mol. The number of carbonyl (C=O) groups excluding carboxylic acids is 1. The number of sulfonamides is 1. The third-order valence-corrected chi connectivity index (χ3v) is 5.27. The summed E-state index contributed by atoms with van der Waals surface area (Å²) in [7, 11) is -1.60. The van der Waals surface area contributed by atoms with Gasteiger partial charge in [0.1, 0.15) is 0 Å². The first-order valence-electron chi connectivity index (χ1n) is 7.69. The minimum absolute atomic E-state index is 0.00317. The first-order chi connectivity index (χ1) is 11.2. The van der Waals surface area contributed by atoms with Crippen molar-refractivity contribution in [1.82, 2.24) is 0 Å². The molecule has 128 valence electrons. The van der Waals surface area contributed by atoms with E-state index in [4.69, 9.17) is 0 Å². The summed E-state index contributed by atoms with van der Waals surface area (Å²) in [4.78, 5) is 14.2. The molecule has 0 atom stereocenters. The Bertz CT molecular complexity index is 843. The van der Waals surface area contributed by atoms with Crippen LogP contribution in [0.15, 0.2) is 42.5 Å². The molecular formula is C18H22N2O3S. The van der Waals surface area contributed by atoms with Gasteiger partial charge in [-0.15, -0.1) is 0 Å². The maximum absolute atomic E-state index is 12.6. The fraction of sp³-hybridized carbons (Fsp3) is 0.278. The molecule has 1 amide bonds. The van der Waals surface area contributed by atoms with Gasteiger partial charge in [-0.1, -0.05) is 6.07 Å². The number of amides is 1. The van der Waals surface area contributed by atoms with E-state index in [1.165, 1.54) is 5.56 Å². The highest BCUT2D eigenvalue weighted by molar-refractivity contribution is 7.92. The molecule has 0 aliphatic heterocycles. The molecule has 5 nitrogen and oxygen atoms in total. The Balaban J connectivity index is 2.18. The number of carbonyl (C=O) groups is 1. The third kappa shape index (κ3) is 4.14. The van der Waals surface area contributed by atoms with Crippen molar-refractivity contribution in [3.63, 3.8) is 0 Å². The van der Waals surface area contributed by atoms with Gasteiger partial charge in [0, 0.05) is 24.0 Å². The molecule has 0 aromatic heterocycles. The highest BCUT2D eigenvalue weighted by Gasteiger charge is 2.14. The first kappa shape index (κ1) is 18.0. The van der Waals surface area contributed by atoms with Crippen LogP contribution in [0.5, 0.6) is 0 Å². The molecule has 2 rings (SSSR count). The van der Waals surface area contributed by atoms with Gasteiger partial charge in [0.2, 0.25) is 10.0 Å². The van der Waals surface area contributed by atoms with Gasteiger partial charge in [0.25, 0.3) is 5.91 Å². The van der Waals surface area contributed by atoms with Crippen LogP contribution in [0.25, 0.3) is 0 Å². The molecule has 0 saturated heterocycles. The summed E-state index contributed by atoms with van der Waals surface area (Å²) < 4.78 is 25.6. The van der Waals surface area contributed by atoms with Gasteiger partial charge in [0.15, 0.2) is 0 Å². The monoisotopic (exact) mass is 346 g/mol. The Labute approximate surface area is 143 Å². The zero-order valence-corrected chi connectivity index (χ0v) is 15.1. The van der Waals surface area contributed by atoms with E-state index in [1.54, 1.807) is 43.1 Å². The van der Waals surface area contributed by atoms with Crippen LogP contribution >= 0.6 is 0 Å². The largest absolute Gasteiger partial charge is 0.311 e. The molecule has 2 aromatic carbocycles. The fourth-order valence-corrected chi connectivity index (χ4v) is 2.82. The van der Waals surface area contributed by atoms with E-state index < -0.39 is 10.0 Å². The number of nitrogens with one attached hydrogen (secondary N) is 1. The molecule has 1 N–H and O–H groups in total. The topological polar surface area (TPSA) is 66.5 Å². The van der Waals surface area contributed by atoms with Crippen molar-refractivity contribution in [3.05, 3.63) is 59.2 Å². The average molecular weight is 346 g/mol. The molecule has 6 heteroatoms. The Morgan fingerprint density at radius 2 is 1.67 bits per heavy atom. The third-order valence-electron chi connectivity index (χ3n) is 3.97. The average Bonchev–Trinajstić information content (AvgIpc) is 2.56. The highest BCUT2D eigenvalue weighted by Crippen LogP contribution is 2.20. The standard InChI is InChI=1S/C18H22N2O3S/c1-5-24(22,23)19-16-9-7-15(8-10-16)18(21)20(4)17-11-6-13(2)14(3)12-17/h6-12,19H,5H2,1-4H3. The highest BCUT2D eigenvalue weighted by atomic mass is 32.2. The number of anilines is 2. The van der Waals surface area contributed by atoms with Crippen LogP contribution < -0.4 is 9.62 Å². The second kappa shape index (κ2) is 7.05. The van der Waals surface area contributed by atoms with Gasteiger partial charge >= 0.3 is 0 Å². The van der Waals surface area contributed by atoms with Gasteiger partial charge in [0.05, 0.1) is 5.75 Å². The molecule has 0 spiro atoms. The summed E-state index contributed by atoms with van der Waals surface area (Å²) in [6.45, 7) is 5.60. The summed E-state index contributed by atoms with van der Waals surface area (Å²) in [6.07, 6.45) is 0. The Morgan fingerprint density at radius 3 is 2.21 bits per heavy atom. The molecule has 0 heterocycles. The minimum atomic E-state index is -3.32. The predicted octanol–water partition coefficient (Wildman–Crippen LogP) is 3.34. The number of hydrogen-bond donors (Lipinski definition) is 1. The van der Waals surface area contributed by atoms with Crippen molar-refractivity contribution in [2.75, 3.05) is 22.4 Å². The van der Waals surface area contributed by atoms with E-state index >= 15 is 0 Å². The van der Waals surface area contributed by atoms with Crippen molar-refractivity contribution < 1.29 is 13.2 Å². The zero-order chi connectivity index (χ0) is 17.9. The fourth-order valence-electron chi connectivity index (χ4n) is 2.18. The van der Waals surface area contributed by atoms with Gasteiger partial charge in [-0.25, -0.2) is 8.42 Å². The summed E-state index contributed by atoms with van der Waals surface area (Å²) in [5.74, 6) is -0.147.